The summed E-state index contributed by atoms with van der Waals surface area (Å²) in [5.74, 6) is 0.266. The summed E-state index contributed by atoms with van der Waals surface area (Å²) in [6.07, 6.45) is 4.38. The van der Waals surface area contributed by atoms with E-state index in [1.807, 2.05) is 13.8 Å². The molecule has 0 spiro atoms. The molecule has 10 heavy (non-hydrogen) atoms. The summed E-state index contributed by atoms with van der Waals surface area (Å²) in [5.41, 5.74) is 1.18. The van der Waals surface area contributed by atoms with Gasteiger partial charge in [0.05, 0.1) is 0 Å². The number of rotatable bonds is 4. The van der Waals surface area contributed by atoms with Crippen molar-refractivity contribution >= 4 is 5.78 Å². The average Bonchev–Trinajstić information content (AvgIpc) is 1.88. The lowest BCUT2D eigenvalue weighted by molar-refractivity contribution is -0.114. The van der Waals surface area contributed by atoms with Gasteiger partial charge in [0.25, 0.3) is 0 Å². The van der Waals surface area contributed by atoms with Crippen LogP contribution in [0.25, 0.3) is 0 Å². The molecule has 0 aromatic heterocycles. The maximum atomic E-state index is 10.9. The molecular formula is C9H16O. The van der Waals surface area contributed by atoms with Gasteiger partial charge in [0.1, 0.15) is 0 Å². The van der Waals surface area contributed by atoms with E-state index in [9.17, 15) is 4.79 Å². The molecule has 58 valence electrons. The van der Waals surface area contributed by atoms with E-state index in [4.69, 9.17) is 0 Å². The maximum absolute atomic E-state index is 10.9. The van der Waals surface area contributed by atoms with Crippen LogP contribution in [0.5, 0.6) is 0 Å². The summed E-state index contributed by atoms with van der Waals surface area (Å²) < 4.78 is 0. The maximum Gasteiger partial charge on any atom is 0.155 e. The predicted molar refractivity (Wildman–Crippen MR) is 44.0 cm³/mol. The first-order valence-corrected chi connectivity index (χ1v) is 3.90. The number of ketones is 1. The van der Waals surface area contributed by atoms with E-state index in [1.54, 1.807) is 6.08 Å². The van der Waals surface area contributed by atoms with Crippen molar-refractivity contribution in [1.29, 1.82) is 0 Å². The lowest BCUT2D eigenvalue weighted by Crippen LogP contribution is -1.91. The summed E-state index contributed by atoms with van der Waals surface area (Å²) in [5, 5.41) is 0. The molecule has 1 nitrogen and oxygen atoms in total. The standard InChI is InChI=1S/C9H16O/c1-4-6-9(10)7-8(3)5-2/h7H,4-6H2,1-3H3. The molecule has 0 heterocycles. The lowest BCUT2D eigenvalue weighted by Gasteiger charge is -1.93. The van der Waals surface area contributed by atoms with Crippen LogP contribution in [0.15, 0.2) is 11.6 Å². The van der Waals surface area contributed by atoms with Crippen LogP contribution in [0, 0.1) is 0 Å². The molecule has 0 N–H and O–H groups in total. The third-order valence-electron chi connectivity index (χ3n) is 1.46. The van der Waals surface area contributed by atoms with Gasteiger partial charge in [-0.2, -0.15) is 0 Å². The Kier molecular flexibility index (Phi) is 4.91. The van der Waals surface area contributed by atoms with E-state index in [1.165, 1.54) is 5.57 Å². The van der Waals surface area contributed by atoms with Crippen molar-refractivity contribution in [2.24, 2.45) is 0 Å². The molecule has 0 aromatic rings. The molecule has 1 heteroatoms. The highest BCUT2D eigenvalue weighted by atomic mass is 16.1. The van der Waals surface area contributed by atoms with Crippen molar-refractivity contribution in [2.45, 2.75) is 40.0 Å². The Morgan fingerprint density at radius 1 is 1.40 bits per heavy atom. The van der Waals surface area contributed by atoms with Crippen molar-refractivity contribution < 1.29 is 4.79 Å². The van der Waals surface area contributed by atoms with Crippen LogP contribution in [-0.2, 0) is 4.79 Å². The molecule has 0 unspecified atom stereocenters. The summed E-state index contributed by atoms with van der Waals surface area (Å²) in [7, 11) is 0. The van der Waals surface area contributed by atoms with Gasteiger partial charge in [0.2, 0.25) is 0 Å². The van der Waals surface area contributed by atoms with Crippen molar-refractivity contribution in [3.8, 4) is 0 Å². The molecule has 0 saturated carbocycles. The molecule has 0 radical (unpaired) electrons. The largest absolute Gasteiger partial charge is 0.295 e. The van der Waals surface area contributed by atoms with Gasteiger partial charge in [-0.25, -0.2) is 0 Å². The molecule has 0 aliphatic heterocycles. The van der Waals surface area contributed by atoms with E-state index in [0.717, 1.165) is 12.8 Å². The van der Waals surface area contributed by atoms with Gasteiger partial charge >= 0.3 is 0 Å². The minimum absolute atomic E-state index is 0.266. The second-order valence-corrected chi connectivity index (χ2v) is 2.56. The Balaban J connectivity index is 3.75. The number of hydrogen-bond acceptors (Lipinski definition) is 1. The Bertz CT molecular complexity index is 134. The third kappa shape index (κ3) is 4.30. The van der Waals surface area contributed by atoms with Crippen molar-refractivity contribution in [1.82, 2.24) is 0 Å². The fourth-order valence-electron chi connectivity index (χ4n) is 0.695. The predicted octanol–water partition coefficient (Wildman–Crippen LogP) is 2.71. The topological polar surface area (TPSA) is 17.1 Å². The fraction of sp³-hybridized carbons (Fsp3) is 0.667. The van der Waals surface area contributed by atoms with Crippen molar-refractivity contribution in [3.05, 3.63) is 11.6 Å². The van der Waals surface area contributed by atoms with Crippen LogP contribution in [0.3, 0.4) is 0 Å². The molecule has 0 aliphatic rings. The first kappa shape index (κ1) is 9.41. The first-order chi connectivity index (χ1) is 4.70. The molecule has 0 amide bonds. The SMILES string of the molecule is CCCC(=O)C=C(C)CC. The molecule has 0 rings (SSSR count). The van der Waals surface area contributed by atoms with Crippen LogP contribution in [0.4, 0.5) is 0 Å². The molecule has 0 aromatic carbocycles. The van der Waals surface area contributed by atoms with E-state index in [-0.39, 0.29) is 5.78 Å². The number of allylic oxidation sites excluding steroid dienone is 2. The Hall–Kier alpha value is -0.590. The first-order valence-electron chi connectivity index (χ1n) is 3.90. The molecule has 0 atom stereocenters. The van der Waals surface area contributed by atoms with E-state index in [2.05, 4.69) is 6.92 Å². The highest BCUT2D eigenvalue weighted by molar-refractivity contribution is 5.90. The molecule has 0 fully saturated rings. The van der Waals surface area contributed by atoms with Gasteiger partial charge in [-0.3, -0.25) is 4.79 Å². The number of hydrogen-bond donors (Lipinski definition) is 0. The molecule has 0 aliphatic carbocycles. The van der Waals surface area contributed by atoms with E-state index in [0.29, 0.717) is 6.42 Å². The lowest BCUT2D eigenvalue weighted by atomic mass is 10.1. The Morgan fingerprint density at radius 2 is 2.00 bits per heavy atom. The quantitative estimate of drug-likeness (QED) is 0.549. The van der Waals surface area contributed by atoms with Gasteiger partial charge in [0, 0.05) is 6.42 Å². The van der Waals surface area contributed by atoms with Gasteiger partial charge < -0.3 is 0 Å². The highest BCUT2D eigenvalue weighted by Gasteiger charge is 1.94. The highest BCUT2D eigenvalue weighted by Crippen LogP contribution is 2.00. The van der Waals surface area contributed by atoms with Gasteiger partial charge in [-0.1, -0.05) is 19.4 Å². The fourth-order valence-corrected chi connectivity index (χ4v) is 0.695. The van der Waals surface area contributed by atoms with E-state index >= 15 is 0 Å². The zero-order valence-corrected chi connectivity index (χ0v) is 7.11. The van der Waals surface area contributed by atoms with Crippen LogP contribution in [0.2, 0.25) is 0 Å². The van der Waals surface area contributed by atoms with Crippen molar-refractivity contribution in [2.75, 3.05) is 0 Å². The summed E-state index contributed by atoms with van der Waals surface area (Å²) in [6.45, 7) is 6.08. The van der Waals surface area contributed by atoms with Crippen LogP contribution < -0.4 is 0 Å². The Labute approximate surface area is 63.1 Å². The zero-order valence-electron chi connectivity index (χ0n) is 7.11. The van der Waals surface area contributed by atoms with Crippen LogP contribution >= 0.6 is 0 Å². The van der Waals surface area contributed by atoms with Gasteiger partial charge in [-0.05, 0) is 25.8 Å². The van der Waals surface area contributed by atoms with Gasteiger partial charge in [-0.15, -0.1) is 0 Å². The Morgan fingerprint density at radius 3 is 2.40 bits per heavy atom. The summed E-state index contributed by atoms with van der Waals surface area (Å²) in [6, 6.07) is 0. The smallest absolute Gasteiger partial charge is 0.155 e. The second kappa shape index (κ2) is 5.21. The monoisotopic (exact) mass is 140 g/mol. The second-order valence-electron chi connectivity index (χ2n) is 2.56. The van der Waals surface area contributed by atoms with Gasteiger partial charge in [0.15, 0.2) is 5.78 Å². The third-order valence-corrected chi connectivity index (χ3v) is 1.46. The molecule has 0 saturated heterocycles. The summed E-state index contributed by atoms with van der Waals surface area (Å²) in [4.78, 5) is 10.9. The minimum atomic E-state index is 0.266. The average molecular weight is 140 g/mol. The number of carbonyl (C=O) groups is 1. The van der Waals surface area contributed by atoms with Crippen molar-refractivity contribution in [3.63, 3.8) is 0 Å². The normalized spacial score (nSPS) is 11.7. The van der Waals surface area contributed by atoms with Crippen LogP contribution in [-0.4, -0.2) is 5.78 Å². The molecule has 0 bridgehead atoms. The molecular weight excluding hydrogens is 124 g/mol. The minimum Gasteiger partial charge on any atom is -0.295 e. The summed E-state index contributed by atoms with van der Waals surface area (Å²) >= 11 is 0. The van der Waals surface area contributed by atoms with E-state index < -0.39 is 0 Å². The zero-order chi connectivity index (χ0) is 7.98. The van der Waals surface area contributed by atoms with Crippen LogP contribution in [0.1, 0.15) is 40.0 Å². The number of carbonyl (C=O) groups excluding carboxylic acids is 1.